The minimum absolute atomic E-state index is 0.0110. The van der Waals surface area contributed by atoms with E-state index in [1.165, 1.54) is 11.6 Å². The number of alkyl carbamates (subject to hydrolysis) is 1. The lowest BCUT2D eigenvalue weighted by atomic mass is 9.94. The Balaban J connectivity index is 1.75. The van der Waals surface area contributed by atoms with E-state index in [1.54, 1.807) is 12.1 Å². The predicted molar refractivity (Wildman–Crippen MR) is 104 cm³/mol. The summed E-state index contributed by atoms with van der Waals surface area (Å²) in [6, 6.07) is 16.7. The monoisotopic (exact) mass is 370 g/mol. The van der Waals surface area contributed by atoms with Crippen LogP contribution < -0.4 is 5.32 Å². The van der Waals surface area contributed by atoms with Crippen molar-refractivity contribution in [2.75, 3.05) is 13.1 Å². The van der Waals surface area contributed by atoms with Gasteiger partial charge in [0.2, 0.25) is 0 Å². The first-order valence-corrected chi connectivity index (χ1v) is 9.31. The van der Waals surface area contributed by atoms with E-state index in [2.05, 4.69) is 22.3 Å². The Morgan fingerprint density at radius 2 is 1.89 bits per heavy atom. The third kappa shape index (κ3) is 5.54. The molecule has 2 aromatic carbocycles. The van der Waals surface area contributed by atoms with Crippen LogP contribution >= 0.6 is 0 Å². The molecule has 1 aliphatic rings. The molecule has 1 heterocycles. The number of nitrogens with one attached hydrogen (secondary N) is 1. The third-order valence-corrected chi connectivity index (χ3v) is 4.62. The Bertz CT molecular complexity index is 773. The van der Waals surface area contributed by atoms with Crippen LogP contribution in [0.4, 0.5) is 9.18 Å². The fourth-order valence-corrected chi connectivity index (χ4v) is 3.54. The molecule has 0 bridgehead atoms. The van der Waals surface area contributed by atoms with Gasteiger partial charge in [-0.05, 0) is 44.0 Å². The van der Waals surface area contributed by atoms with Crippen LogP contribution in [0.3, 0.4) is 0 Å². The average Bonchev–Trinajstić information content (AvgIpc) is 2.96. The highest BCUT2D eigenvalue weighted by Crippen LogP contribution is 2.29. The highest BCUT2D eigenvalue weighted by molar-refractivity contribution is 5.68. The Morgan fingerprint density at radius 1 is 1.15 bits per heavy atom. The van der Waals surface area contributed by atoms with E-state index in [1.807, 2.05) is 45.0 Å². The molecule has 4 nitrogen and oxygen atoms in total. The van der Waals surface area contributed by atoms with Crippen molar-refractivity contribution >= 4 is 6.09 Å². The Hall–Kier alpha value is -2.40. The smallest absolute Gasteiger partial charge is 0.407 e. The van der Waals surface area contributed by atoms with Crippen LogP contribution in [0.2, 0.25) is 0 Å². The topological polar surface area (TPSA) is 41.6 Å². The highest BCUT2D eigenvalue weighted by atomic mass is 19.1. The SMILES string of the molecule is CC(C)(C)OC(=O)N[C@H]1CN(Cc2ccccc2)C[C@@H]1c1cccc(F)c1. The molecule has 0 unspecified atom stereocenters. The summed E-state index contributed by atoms with van der Waals surface area (Å²) in [4.78, 5) is 14.6. The second-order valence-electron chi connectivity index (χ2n) is 8.09. The molecule has 1 fully saturated rings. The first kappa shape index (κ1) is 19.4. The normalized spacial score (nSPS) is 20.4. The number of carbonyl (C=O) groups is 1. The summed E-state index contributed by atoms with van der Waals surface area (Å²) in [6.45, 7) is 7.75. The van der Waals surface area contributed by atoms with Crippen molar-refractivity contribution in [2.45, 2.75) is 44.9 Å². The molecule has 0 spiro atoms. The van der Waals surface area contributed by atoms with Gasteiger partial charge in [-0.1, -0.05) is 42.5 Å². The minimum Gasteiger partial charge on any atom is -0.444 e. The maximum Gasteiger partial charge on any atom is 0.407 e. The predicted octanol–water partition coefficient (Wildman–Crippen LogP) is 4.32. The van der Waals surface area contributed by atoms with Crippen LogP contribution in [0, 0.1) is 5.82 Å². The summed E-state index contributed by atoms with van der Waals surface area (Å²) < 4.78 is 19.2. The van der Waals surface area contributed by atoms with Gasteiger partial charge in [-0.2, -0.15) is 0 Å². The first-order chi connectivity index (χ1) is 12.8. The van der Waals surface area contributed by atoms with E-state index >= 15 is 0 Å². The van der Waals surface area contributed by atoms with Crippen molar-refractivity contribution in [3.05, 3.63) is 71.5 Å². The lowest BCUT2D eigenvalue weighted by molar-refractivity contribution is 0.0502. The number of carbonyl (C=O) groups excluding carboxylic acids is 1. The summed E-state index contributed by atoms with van der Waals surface area (Å²) in [6.07, 6.45) is -0.435. The molecule has 27 heavy (non-hydrogen) atoms. The van der Waals surface area contributed by atoms with Crippen LogP contribution in [0.1, 0.15) is 37.8 Å². The van der Waals surface area contributed by atoms with Gasteiger partial charge in [0, 0.05) is 25.6 Å². The summed E-state index contributed by atoms with van der Waals surface area (Å²) in [5.41, 5.74) is 1.56. The van der Waals surface area contributed by atoms with Gasteiger partial charge >= 0.3 is 6.09 Å². The fraction of sp³-hybridized carbons (Fsp3) is 0.409. The summed E-state index contributed by atoms with van der Waals surface area (Å²) in [7, 11) is 0. The quantitative estimate of drug-likeness (QED) is 0.872. The number of benzene rings is 2. The van der Waals surface area contributed by atoms with Crippen LogP contribution in [0.25, 0.3) is 0 Å². The molecule has 1 N–H and O–H groups in total. The standard InChI is InChI=1S/C22H27FN2O2/c1-22(2,3)27-21(26)24-20-15-25(13-16-8-5-4-6-9-16)14-19(20)17-10-7-11-18(23)12-17/h4-12,19-20H,13-15H2,1-3H3,(H,24,26)/t19-,20+/m1/s1. The molecule has 1 aliphatic heterocycles. The van der Waals surface area contributed by atoms with Crippen molar-refractivity contribution < 1.29 is 13.9 Å². The number of halogens is 1. The van der Waals surface area contributed by atoms with E-state index in [4.69, 9.17) is 4.74 Å². The number of hydrogen-bond donors (Lipinski definition) is 1. The van der Waals surface area contributed by atoms with Gasteiger partial charge < -0.3 is 10.1 Å². The molecule has 0 aliphatic carbocycles. The van der Waals surface area contributed by atoms with Gasteiger partial charge in [-0.25, -0.2) is 9.18 Å². The Labute approximate surface area is 160 Å². The van der Waals surface area contributed by atoms with Gasteiger partial charge in [0.15, 0.2) is 0 Å². The number of nitrogens with zero attached hydrogens (tertiary/aromatic N) is 1. The number of hydrogen-bond acceptors (Lipinski definition) is 3. The molecule has 2 atom stereocenters. The van der Waals surface area contributed by atoms with Crippen molar-refractivity contribution in [2.24, 2.45) is 0 Å². The zero-order valence-electron chi connectivity index (χ0n) is 16.1. The van der Waals surface area contributed by atoms with Crippen LogP contribution in [0.5, 0.6) is 0 Å². The van der Waals surface area contributed by atoms with Gasteiger partial charge in [0.1, 0.15) is 11.4 Å². The molecule has 2 aromatic rings. The zero-order chi connectivity index (χ0) is 19.4. The third-order valence-electron chi connectivity index (χ3n) is 4.62. The van der Waals surface area contributed by atoms with Crippen molar-refractivity contribution in [3.63, 3.8) is 0 Å². The van der Waals surface area contributed by atoms with Crippen LogP contribution in [0.15, 0.2) is 54.6 Å². The van der Waals surface area contributed by atoms with Crippen LogP contribution in [-0.4, -0.2) is 35.7 Å². The van der Waals surface area contributed by atoms with Crippen molar-refractivity contribution in [1.82, 2.24) is 10.2 Å². The van der Waals surface area contributed by atoms with Gasteiger partial charge in [-0.15, -0.1) is 0 Å². The first-order valence-electron chi connectivity index (χ1n) is 9.31. The van der Waals surface area contributed by atoms with E-state index in [9.17, 15) is 9.18 Å². The fourth-order valence-electron chi connectivity index (χ4n) is 3.54. The molecule has 1 saturated heterocycles. The van der Waals surface area contributed by atoms with Gasteiger partial charge in [-0.3, -0.25) is 4.90 Å². The molecule has 1 amide bonds. The molecule has 0 aromatic heterocycles. The number of amides is 1. The van der Waals surface area contributed by atoms with E-state index < -0.39 is 11.7 Å². The van der Waals surface area contributed by atoms with Gasteiger partial charge in [0.05, 0.1) is 6.04 Å². The second kappa shape index (κ2) is 8.09. The summed E-state index contributed by atoms with van der Waals surface area (Å²) in [5, 5.41) is 2.99. The molecular formula is C22H27FN2O2. The molecule has 0 radical (unpaired) electrons. The lowest BCUT2D eigenvalue weighted by Gasteiger charge is -2.24. The lowest BCUT2D eigenvalue weighted by Crippen LogP contribution is -2.42. The maximum atomic E-state index is 13.8. The number of likely N-dealkylation sites (tertiary alicyclic amines) is 1. The van der Waals surface area contributed by atoms with Gasteiger partial charge in [0.25, 0.3) is 0 Å². The summed E-state index contributed by atoms with van der Waals surface area (Å²) >= 11 is 0. The van der Waals surface area contributed by atoms with Crippen LogP contribution in [-0.2, 0) is 11.3 Å². The average molecular weight is 370 g/mol. The van der Waals surface area contributed by atoms with E-state index in [0.29, 0.717) is 6.54 Å². The largest absolute Gasteiger partial charge is 0.444 e. The highest BCUT2D eigenvalue weighted by Gasteiger charge is 2.35. The Morgan fingerprint density at radius 3 is 2.56 bits per heavy atom. The molecule has 0 saturated carbocycles. The zero-order valence-corrected chi connectivity index (χ0v) is 16.1. The van der Waals surface area contributed by atoms with E-state index in [-0.39, 0.29) is 17.8 Å². The minimum atomic E-state index is -0.555. The molecule has 144 valence electrons. The number of rotatable bonds is 4. The summed E-state index contributed by atoms with van der Waals surface area (Å²) in [5.74, 6) is -0.248. The van der Waals surface area contributed by atoms with Crippen molar-refractivity contribution in [1.29, 1.82) is 0 Å². The van der Waals surface area contributed by atoms with Crippen molar-refractivity contribution in [3.8, 4) is 0 Å². The maximum absolute atomic E-state index is 13.8. The van der Waals surface area contributed by atoms with E-state index in [0.717, 1.165) is 18.7 Å². The second-order valence-corrected chi connectivity index (χ2v) is 8.09. The number of ether oxygens (including phenoxy) is 1. The molecular weight excluding hydrogens is 343 g/mol. The molecule has 3 rings (SSSR count). The Kier molecular flexibility index (Phi) is 5.80. The molecule has 5 heteroatoms.